The number of fused-ring (bicyclic) bond motifs is 1. The van der Waals surface area contributed by atoms with Crippen molar-refractivity contribution in [1.82, 2.24) is 9.38 Å². The lowest BCUT2D eigenvalue weighted by molar-refractivity contribution is 0.0521. The van der Waals surface area contributed by atoms with Gasteiger partial charge in [-0.3, -0.25) is 4.40 Å². The van der Waals surface area contributed by atoms with Crippen molar-refractivity contribution >= 4 is 28.1 Å². The SMILES string of the molecule is CCOC(=O)c1nc2sc(C)cn2c1N. The van der Waals surface area contributed by atoms with Crippen LogP contribution >= 0.6 is 11.3 Å². The van der Waals surface area contributed by atoms with E-state index in [4.69, 9.17) is 10.5 Å². The first kappa shape index (κ1) is 9.97. The molecule has 0 aliphatic rings. The van der Waals surface area contributed by atoms with E-state index in [1.54, 1.807) is 11.3 Å². The number of aromatic nitrogens is 2. The van der Waals surface area contributed by atoms with Crippen LogP contribution in [-0.4, -0.2) is 22.0 Å². The number of ether oxygens (including phenoxy) is 1. The van der Waals surface area contributed by atoms with Crippen molar-refractivity contribution in [3.63, 3.8) is 0 Å². The Morgan fingerprint density at radius 3 is 3.07 bits per heavy atom. The van der Waals surface area contributed by atoms with E-state index in [2.05, 4.69) is 4.98 Å². The van der Waals surface area contributed by atoms with Crippen LogP contribution in [0.15, 0.2) is 6.20 Å². The molecule has 2 aromatic rings. The van der Waals surface area contributed by atoms with Crippen molar-refractivity contribution in [2.24, 2.45) is 0 Å². The number of hydrogen-bond acceptors (Lipinski definition) is 5. The summed E-state index contributed by atoms with van der Waals surface area (Å²) in [5.74, 6) is -0.128. The van der Waals surface area contributed by atoms with Gasteiger partial charge in [-0.1, -0.05) is 0 Å². The Hall–Kier alpha value is -1.56. The number of rotatable bonds is 2. The number of nitrogens with two attached hydrogens (primary N) is 1. The third-order valence-electron chi connectivity index (χ3n) is 1.95. The van der Waals surface area contributed by atoms with E-state index in [-0.39, 0.29) is 5.69 Å². The molecule has 0 amide bonds. The van der Waals surface area contributed by atoms with Crippen molar-refractivity contribution in [3.05, 3.63) is 16.8 Å². The fourth-order valence-electron chi connectivity index (χ4n) is 1.32. The lowest BCUT2D eigenvalue weighted by Crippen LogP contribution is -2.08. The van der Waals surface area contributed by atoms with Crippen LogP contribution < -0.4 is 5.73 Å². The number of carbonyl (C=O) groups is 1. The van der Waals surface area contributed by atoms with Gasteiger partial charge in [0.2, 0.25) is 0 Å². The number of imidazole rings is 1. The highest BCUT2D eigenvalue weighted by Crippen LogP contribution is 2.22. The number of thiazole rings is 1. The van der Waals surface area contributed by atoms with Crippen molar-refractivity contribution in [1.29, 1.82) is 0 Å². The predicted molar refractivity (Wildman–Crippen MR) is 58.2 cm³/mol. The first-order chi connectivity index (χ1) is 7.13. The molecule has 2 aromatic heterocycles. The molecule has 0 atom stereocenters. The molecule has 2 rings (SSSR count). The molecule has 0 saturated carbocycles. The molecule has 0 aromatic carbocycles. The molecule has 0 saturated heterocycles. The topological polar surface area (TPSA) is 69.6 Å². The summed E-state index contributed by atoms with van der Waals surface area (Å²) >= 11 is 1.49. The summed E-state index contributed by atoms with van der Waals surface area (Å²) in [6.07, 6.45) is 1.85. The molecule has 0 unspecified atom stereocenters. The van der Waals surface area contributed by atoms with Gasteiger partial charge in [0.05, 0.1) is 6.61 Å². The van der Waals surface area contributed by atoms with Gasteiger partial charge >= 0.3 is 5.97 Å². The molecule has 0 fully saturated rings. The smallest absolute Gasteiger partial charge is 0.360 e. The second-order valence-electron chi connectivity index (χ2n) is 3.06. The summed E-state index contributed by atoms with van der Waals surface area (Å²) in [7, 11) is 0. The van der Waals surface area contributed by atoms with E-state index < -0.39 is 5.97 Å². The molecule has 0 aliphatic carbocycles. The lowest BCUT2D eigenvalue weighted by atomic mass is 10.4. The van der Waals surface area contributed by atoms with Crippen LogP contribution in [-0.2, 0) is 4.74 Å². The van der Waals surface area contributed by atoms with E-state index in [1.807, 2.05) is 13.1 Å². The van der Waals surface area contributed by atoms with E-state index in [0.717, 1.165) is 4.88 Å². The van der Waals surface area contributed by atoms with E-state index in [0.29, 0.717) is 17.4 Å². The molecule has 5 nitrogen and oxygen atoms in total. The van der Waals surface area contributed by atoms with E-state index in [9.17, 15) is 4.79 Å². The molecule has 80 valence electrons. The van der Waals surface area contributed by atoms with Gasteiger partial charge in [0.25, 0.3) is 0 Å². The van der Waals surface area contributed by atoms with Crippen molar-refractivity contribution in [3.8, 4) is 0 Å². The molecule has 2 N–H and O–H groups in total. The Kier molecular flexibility index (Phi) is 2.36. The molecule has 0 spiro atoms. The number of aryl methyl sites for hydroxylation is 1. The maximum Gasteiger partial charge on any atom is 0.360 e. The minimum Gasteiger partial charge on any atom is -0.461 e. The number of esters is 1. The molecule has 0 bridgehead atoms. The Morgan fingerprint density at radius 2 is 2.47 bits per heavy atom. The second kappa shape index (κ2) is 3.54. The summed E-state index contributed by atoms with van der Waals surface area (Å²) < 4.78 is 6.55. The van der Waals surface area contributed by atoms with Gasteiger partial charge in [0.15, 0.2) is 10.7 Å². The highest BCUT2D eigenvalue weighted by atomic mass is 32.1. The number of nitrogens with zero attached hydrogens (tertiary/aromatic N) is 2. The van der Waals surface area contributed by atoms with Gasteiger partial charge in [-0.15, -0.1) is 11.3 Å². The monoisotopic (exact) mass is 225 g/mol. The van der Waals surface area contributed by atoms with Crippen LogP contribution in [0.2, 0.25) is 0 Å². The standard InChI is InChI=1S/C9H11N3O2S/c1-3-14-8(13)6-7(10)12-4-5(2)15-9(12)11-6/h4H,3,10H2,1-2H3. The highest BCUT2D eigenvalue weighted by molar-refractivity contribution is 7.17. The molecule has 15 heavy (non-hydrogen) atoms. The molecule has 0 aliphatic heterocycles. The zero-order chi connectivity index (χ0) is 11.0. The van der Waals surface area contributed by atoms with Crippen molar-refractivity contribution in [2.75, 3.05) is 12.3 Å². The first-order valence-corrected chi connectivity index (χ1v) is 5.36. The lowest BCUT2D eigenvalue weighted by Gasteiger charge is -1.98. The maximum absolute atomic E-state index is 11.4. The van der Waals surface area contributed by atoms with Crippen LogP contribution in [0.3, 0.4) is 0 Å². The molecule has 6 heteroatoms. The van der Waals surface area contributed by atoms with Crippen LogP contribution in [0, 0.1) is 6.92 Å². The van der Waals surface area contributed by atoms with Gasteiger partial charge in [0.1, 0.15) is 5.82 Å². The predicted octanol–water partition coefficient (Wildman–Crippen LogP) is 1.46. The van der Waals surface area contributed by atoms with Gasteiger partial charge in [-0.05, 0) is 13.8 Å². The van der Waals surface area contributed by atoms with E-state index >= 15 is 0 Å². The number of nitrogen functional groups attached to an aromatic ring is 1. The Morgan fingerprint density at radius 1 is 1.73 bits per heavy atom. The summed E-state index contributed by atoms with van der Waals surface area (Å²) in [6, 6.07) is 0. The first-order valence-electron chi connectivity index (χ1n) is 4.54. The normalized spacial score (nSPS) is 10.8. The molecule has 0 radical (unpaired) electrons. The zero-order valence-corrected chi connectivity index (χ0v) is 9.30. The molecule has 2 heterocycles. The third kappa shape index (κ3) is 1.56. The van der Waals surface area contributed by atoms with Crippen LogP contribution in [0.5, 0.6) is 0 Å². The van der Waals surface area contributed by atoms with Crippen LogP contribution in [0.25, 0.3) is 4.96 Å². The average molecular weight is 225 g/mol. The van der Waals surface area contributed by atoms with Crippen LogP contribution in [0.4, 0.5) is 5.82 Å². The second-order valence-corrected chi connectivity index (χ2v) is 4.27. The number of anilines is 1. The fraction of sp³-hybridized carbons (Fsp3) is 0.333. The minimum atomic E-state index is -0.469. The molecular weight excluding hydrogens is 214 g/mol. The Balaban J connectivity index is 2.49. The number of carbonyl (C=O) groups excluding carboxylic acids is 1. The van der Waals surface area contributed by atoms with E-state index in [1.165, 1.54) is 11.3 Å². The Labute approximate surface area is 90.5 Å². The van der Waals surface area contributed by atoms with Gasteiger partial charge in [0, 0.05) is 11.1 Å². The third-order valence-corrected chi connectivity index (χ3v) is 2.85. The quantitative estimate of drug-likeness (QED) is 0.785. The summed E-state index contributed by atoms with van der Waals surface area (Å²) in [5, 5.41) is 0. The summed E-state index contributed by atoms with van der Waals surface area (Å²) in [4.78, 5) is 17.4. The fourth-order valence-corrected chi connectivity index (χ4v) is 2.15. The van der Waals surface area contributed by atoms with Crippen molar-refractivity contribution < 1.29 is 9.53 Å². The van der Waals surface area contributed by atoms with Crippen LogP contribution in [0.1, 0.15) is 22.3 Å². The maximum atomic E-state index is 11.4. The summed E-state index contributed by atoms with van der Waals surface area (Å²) in [5.41, 5.74) is 5.99. The summed E-state index contributed by atoms with van der Waals surface area (Å²) in [6.45, 7) is 4.03. The Bertz CT molecular complexity index is 515. The van der Waals surface area contributed by atoms with Gasteiger partial charge < -0.3 is 10.5 Å². The largest absolute Gasteiger partial charge is 0.461 e. The van der Waals surface area contributed by atoms with Gasteiger partial charge in [-0.2, -0.15) is 0 Å². The minimum absolute atomic E-state index is 0.197. The highest BCUT2D eigenvalue weighted by Gasteiger charge is 2.18. The van der Waals surface area contributed by atoms with Crippen molar-refractivity contribution in [2.45, 2.75) is 13.8 Å². The number of hydrogen-bond donors (Lipinski definition) is 1. The molecular formula is C9H11N3O2S. The van der Waals surface area contributed by atoms with Gasteiger partial charge in [-0.25, -0.2) is 9.78 Å². The average Bonchev–Trinajstić information content (AvgIpc) is 2.66. The zero-order valence-electron chi connectivity index (χ0n) is 8.48.